The number of nitrogens with zero attached hydrogens (tertiary/aromatic N) is 3. The van der Waals surface area contributed by atoms with Gasteiger partial charge in [0.25, 0.3) is 0 Å². The van der Waals surface area contributed by atoms with Gasteiger partial charge in [0, 0.05) is 12.2 Å². The van der Waals surface area contributed by atoms with Gasteiger partial charge < -0.3 is 15.7 Å². The lowest BCUT2D eigenvalue weighted by molar-refractivity contribution is -0.115. The number of anilines is 1. The molecule has 0 aliphatic rings. The maximum absolute atomic E-state index is 11.9. The largest absolute Gasteiger partial charge is 0.387 e. The predicted octanol–water partition coefficient (Wildman–Crippen LogP) is 1.67. The normalized spacial score (nSPS) is 11.5. The number of benzene rings is 2. The third-order valence-electron chi connectivity index (χ3n) is 4.07. The van der Waals surface area contributed by atoms with Crippen LogP contribution in [0.4, 0.5) is 5.69 Å². The van der Waals surface area contributed by atoms with Crippen LogP contribution in [0.25, 0.3) is 0 Å². The molecule has 3 rings (SSSR count). The number of aromatic nitrogens is 4. The summed E-state index contributed by atoms with van der Waals surface area (Å²) in [4.78, 5) is 11.9. The Balaban J connectivity index is 0.00000280. The molecular weight excluding hydrogens is 380 g/mol. The summed E-state index contributed by atoms with van der Waals surface area (Å²) in [6.45, 7) is 1.27. The molecule has 0 aliphatic carbocycles. The standard InChI is InChI=1S/C19H22N6O2.ClH/c26-17(15-4-2-1-3-5-15)13-20-11-10-14-6-8-16(9-7-14)21-19(27)12-18-22-24-25-23-18;/h1-9,17,20,26H,10-13H2,(H,21,27)(H,22,23,24,25);1H. The van der Waals surface area contributed by atoms with E-state index in [1.165, 1.54) is 0 Å². The smallest absolute Gasteiger partial charge is 0.232 e. The molecule has 1 heterocycles. The molecule has 28 heavy (non-hydrogen) atoms. The topological polar surface area (TPSA) is 116 Å². The van der Waals surface area contributed by atoms with Crippen molar-refractivity contribution in [1.82, 2.24) is 25.9 Å². The minimum atomic E-state index is -0.511. The lowest BCUT2D eigenvalue weighted by Gasteiger charge is -2.12. The van der Waals surface area contributed by atoms with Gasteiger partial charge in [-0.3, -0.25) is 4.79 Å². The number of halogens is 1. The number of H-pyrrole nitrogens is 1. The molecule has 0 fully saturated rings. The van der Waals surface area contributed by atoms with Crippen molar-refractivity contribution in [1.29, 1.82) is 0 Å². The van der Waals surface area contributed by atoms with Gasteiger partial charge in [-0.05, 0) is 46.7 Å². The van der Waals surface area contributed by atoms with E-state index < -0.39 is 6.10 Å². The molecule has 1 aromatic heterocycles. The first kappa shape index (κ1) is 21.5. The van der Waals surface area contributed by atoms with Gasteiger partial charge in [-0.25, -0.2) is 5.10 Å². The number of hydrogen-bond acceptors (Lipinski definition) is 6. The van der Waals surface area contributed by atoms with E-state index >= 15 is 0 Å². The molecule has 148 valence electrons. The van der Waals surface area contributed by atoms with E-state index in [2.05, 4.69) is 31.3 Å². The van der Waals surface area contributed by atoms with Crippen molar-refractivity contribution in [2.75, 3.05) is 18.4 Å². The Morgan fingerprint density at radius 2 is 1.86 bits per heavy atom. The third-order valence-corrected chi connectivity index (χ3v) is 4.07. The fourth-order valence-electron chi connectivity index (χ4n) is 2.63. The molecule has 0 spiro atoms. The zero-order chi connectivity index (χ0) is 18.9. The van der Waals surface area contributed by atoms with Gasteiger partial charge in [0.1, 0.15) is 0 Å². The number of aliphatic hydroxyl groups is 1. The van der Waals surface area contributed by atoms with Crippen molar-refractivity contribution < 1.29 is 9.90 Å². The van der Waals surface area contributed by atoms with Crippen molar-refractivity contribution in [3.63, 3.8) is 0 Å². The van der Waals surface area contributed by atoms with Gasteiger partial charge in [0.05, 0.1) is 12.5 Å². The van der Waals surface area contributed by atoms with E-state index in [1.54, 1.807) is 0 Å². The first-order valence-electron chi connectivity index (χ1n) is 8.76. The number of aliphatic hydroxyl groups excluding tert-OH is 1. The van der Waals surface area contributed by atoms with E-state index in [9.17, 15) is 9.90 Å². The maximum atomic E-state index is 11.9. The highest BCUT2D eigenvalue weighted by atomic mass is 35.5. The second-order valence-corrected chi connectivity index (χ2v) is 6.15. The summed E-state index contributed by atoms with van der Waals surface area (Å²) in [6, 6.07) is 17.3. The van der Waals surface area contributed by atoms with Crippen molar-refractivity contribution in [3.05, 3.63) is 71.5 Å². The van der Waals surface area contributed by atoms with Crippen LogP contribution in [-0.4, -0.2) is 44.7 Å². The maximum Gasteiger partial charge on any atom is 0.232 e. The highest BCUT2D eigenvalue weighted by molar-refractivity contribution is 5.91. The second kappa shape index (κ2) is 11.1. The first-order chi connectivity index (χ1) is 13.2. The van der Waals surface area contributed by atoms with Crippen LogP contribution in [0.1, 0.15) is 23.1 Å². The molecule has 3 aromatic rings. The van der Waals surface area contributed by atoms with E-state index in [4.69, 9.17) is 0 Å². The third kappa shape index (κ3) is 6.73. The number of aromatic amines is 1. The molecule has 8 nitrogen and oxygen atoms in total. The monoisotopic (exact) mass is 402 g/mol. The second-order valence-electron chi connectivity index (χ2n) is 6.15. The van der Waals surface area contributed by atoms with Gasteiger partial charge in [-0.15, -0.1) is 17.5 Å². The lowest BCUT2D eigenvalue weighted by atomic mass is 10.1. The highest BCUT2D eigenvalue weighted by Crippen LogP contribution is 2.12. The Kier molecular flexibility index (Phi) is 8.54. The Bertz CT molecular complexity index is 827. The number of nitrogens with one attached hydrogen (secondary N) is 3. The van der Waals surface area contributed by atoms with Crippen molar-refractivity contribution in [2.24, 2.45) is 0 Å². The molecule has 1 unspecified atom stereocenters. The van der Waals surface area contributed by atoms with Crippen LogP contribution in [0.2, 0.25) is 0 Å². The molecule has 0 bridgehead atoms. The van der Waals surface area contributed by atoms with Crippen LogP contribution in [0.5, 0.6) is 0 Å². The molecular formula is C19H23ClN6O2. The number of tetrazole rings is 1. The van der Waals surface area contributed by atoms with Crippen LogP contribution in [-0.2, 0) is 17.6 Å². The SMILES string of the molecule is Cl.O=C(Cc1nnn[nH]1)Nc1ccc(CCNCC(O)c2ccccc2)cc1. The Morgan fingerprint density at radius 3 is 2.54 bits per heavy atom. The minimum absolute atomic E-state index is 0. The number of carbonyl (C=O) groups excluding carboxylic acids is 1. The highest BCUT2D eigenvalue weighted by Gasteiger charge is 2.07. The number of amides is 1. The molecule has 0 radical (unpaired) electrons. The summed E-state index contributed by atoms with van der Waals surface area (Å²) in [6.07, 6.45) is 0.422. The van der Waals surface area contributed by atoms with Gasteiger partial charge in [0.15, 0.2) is 5.82 Å². The van der Waals surface area contributed by atoms with Crippen LogP contribution in [0, 0.1) is 0 Å². The van der Waals surface area contributed by atoms with Crippen molar-refractivity contribution >= 4 is 24.0 Å². The van der Waals surface area contributed by atoms with Crippen LogP contribution >= 0.6 is 12.4 Å². The van der Waals surface area contributed by atoms with E-state index in [-0.39, 0.29) is 24.7 Å². The zero-order valence-electron chi connectivity index (χ0n) is 15.2. The van der Waals surface area contributed by atoms with Crippen LogP contribution < -0.4 is 10.6 Å². The molecule has 9 heteroatoms. The fraction of sp³-hybridized carbons (Fsp3) is 0.263. The number of carbonyl (C=O) groups is 1. The van der Waals surface area contributed by atoms with Gasteiger partial charge >= 0.3 is 0 Å². The molecule has 2 aromatic carbocycles. The van der Waals surface area contributed by atoms with Gasteiger partial charge in [-0.2, -0.15) is 0 Å². The summed E-state index contributed by atoms with van der Waals surface area (Å²) < 4.78 is 0. The molecule has 1 amide bonds. The van der Waals surface area contributed by atoms with E-state index in [0.717, 1.165) is 29.8 Å². The molecule has 0 aliphatic heterocycles. The van der Waals surface area contributed by atoms with E-state index in [1.807, 2.05) is 54.6 Å². The number of rotatable bonds is 9. The van der Waals surface area contributed by atoms with Crippen molar-refractivity contribution in [2.45, 2.75) is 18.9 Å². The van der Waals surface area contributed by atoms with Gasteiger partial charge in [0.2, 0.25) is 5.91 Å². The predicted molar refractivity (Wildman–Crippen MR) is 108 cm³/mol. The van der Waals surface area contributed by atoms with Gasteiger partial charge in [-0.1, -0.05) is 42.5 Å². The molecule has 0 saturated carbocycles. The van der Waals surface area contributed by atoms with Crippen molar-refractivity contribution in [3.8, 4) is 0 Å². The molecule has 1 atom stereocenters. The van der Waals surface area contributed by atoms with Crippen LogP contribution in [0.3, 0.4) is 0 Å². The summed E-state index contributed by atoms with van der Waals surface area (Å²) in [5.41, 5.74) is 2.78. The minimum Gasteiger partial charge on any atom is -0.387 e. The summed E-state index contributed by atoms with van der Waals surface area (Å²) >= 11 is 0. The Morgan fingerprint density at radius 1 is 1.11 bits per heavy atom. The number of hydrogen-bond donors (Lipinski definition) is 4. The zero-order valence-corrected chi connectivity index (χ0v) is 16.0. The quantitative estimate of drug-likeness (QED) is 0.404. The molecule has 4 N–H and O–H groups in total. The Labute approximate surface area is 169 Å². The first-order valence-corrected chi connectivity index (χ1v) is 8.76. The summed E-state index contributed by atoms with van der Waals surface area (Å²) in [5.74, 6) is 0.241. The Hall–Kier alpha value is -2.81. The van der Waals surface area contributed by atoms with Crippen LogP contribution in [0.15, 0.2) is 54.6 Å². The summed E-state index contributed by atoms with van der Waals surface area (Å²) in [7, 11) is 0. The lowest BCUT2D eigenvalue weighted by Crippen LogP contribution is -2.23. The molecule has 0 saturated heterocycles. The average Bonchev–Trinajstić information content (AvgIpc) is 3.20. The van der Waals surface area contributed by atoms with E-state index in [0.29, 0.717) is 12.4 Å². The fourth-order valence-corrected chi connectivity index (χ4v) is 2.63. The summed E-state index contributed by atoms with van der Waals surface area (Å²) in [5, 5.41) is 29.3. The average molecular weight is 403 g/mol.